The lowest BCUT2D eigenvalue weighted by molar-refractivity contribution is 0.0474. The fourth-order valence-corrected chi connectivity index (χ4v) is 3.03. The third kappa shape index (κ3) is 5.09. The van der Waals surface area contributed by atoms with Crippen LogP contribution in [0.15, 0.2) is 36.4 Å². The standard InChI is InChI=1S/C18H16ClIO5/c1-3-24-16-9-12(8-14(20)17(16)23-2)18(22)25-10-15(21)11-4-6-13(19)7-5-11/h4-9H,3,10H2,1-2H3. The second-order valence-corrected chi connectivity index (χ2v) is 6.53. The largest absolute Gasteiger partial charge is 0.492 e. The van der Waals surface area contributed by atoms with Crippen LogP contribution in [0.1, 0.15) is 27.6 Å². The molecule has 2 rings (SSSR count). The van der Waals surface area contributed by atoms with E-state index in [4.69, 9.17) is 25.8 Å². The van der Waals surface area contributed by atoms with Gasteiger partial charge in [-0.1, -0.05) is 11.6 Å². The van der Waals surface area contributed by atoms with Crippen LogP contribution in [0.25, 0.3) is 0 Å². The highest BCUT2D eigenvalue weighted by Gasteiger charge is 2.17. The molecule has 0 saturated carbocycles. The number of halogens is 2. The molecule has 2 aromatic carbocycles. The molecule has 0 atom stereocenters. The molecule has 7 heteroatoms. The van der Waals surface area contributed by atoms with E-state index in [1.54, 1.807) is 36.4 Å². The summed E-state index contributed by atoms with van der Waals surface area (Å²) in [6.07, 6.45) is 0. The van der Waals surface area contributed by atoms with Crippen LogP contribution in [0.3, 0.4) is 0 Å². The van der Waals surface area contributed by atoms with Crippen molar-refractivity contribution in [2.45, 2.75) is 6.92 Å². The van der Waals surface area contributed by atoms with E-state index in [-0.39, 0.29) is 18.0 Å². The Labute approximate surface area is 164 Å². The topological polar surface area (TPSA) is 61.8 Å². The number of carbonyl (C=O) groups is 2. The lowest BCUT2D eigenvalue weighted by atomic mass is 10.1. The summed E-state index contributed by atoms with van der Waals surface area (Å²) in [4.78, 5) is 24.3. The maximum absolute atomic E-state index is 12.2. The molecular weight excluding hydrogens is 459 g/mol. The summed E-state index contributed by atoms with van der Waals surface area (Å²) in [6, 6.07) is 9.55. The first kappa shape index (κ1) is 19.5. The number of Topliss-reactive ketones (excluding diaryl/α,β-unsaturated/α-hetero) is 1. The van der Waals surface area contributed by atoms with Gasteiger partial charge in [-0.2, -0.15) is 0 Å². The summed E-state index contributed by atoms with van der Waals surface area (Å²) in [6.45, 7) is 1.91. The van der Waals surface area contributed by atoms with Crippen LogP contribution < -0.4 is 9.47 Å². The molecule has 0 spiro atoms. The number of rotatable bonds is 7. The predicted molar refractivity (Wildman–Crippen MR) is 103 cm³/mol. The van der Waals surface area contributed by atoms with Gasteiger partial charge < -0.3 is 14.2 Å². The molecule has 0 bridgehead atoms. The SMILES string of the molecule is CCOc1cc(C(=O)OCC(=O)c2ccc(Cl)cc2)cc(I)c1OC. The van der Waals surface area contributed by atoms with E-state index in [0.717, 1.165) is 0 Å². The first-order valence-electron chi connectivity index (χ1n) is 7.42. The van der Waals surface area contributed by atoms with Crippen molar-refractivity contribution in [3.05, 3.63) is 56.1 Å². The molecular formula is C18H16ClIO5. The summed E-state index contributed by atoms with van der Waals surface area (Å²) in [5.41, 5.74) is 0.717. The van der Waals surface area contributed by atoms with Crippen LogP contribution in [0.4, 0.5) is 0 Å². The summed E-state index contributed by atoms with van der Waals surface area (Å²) >= 11 is 7.83. The summed E-state index contributed by atoms with van der Waals surface area (Å²) in [5, 5.41) is 0.532. The van der Waals surface area contributed by atoms with Gasteiger partial charge in [-0.3, -0.25) is 4.79 Å². The first-order valence-corrected chi connectivity index (χ1v) is 8.88. The number of carbonyl (C=O) groups excluding carboxylic acids is 2. The predicted octanol–water partition coefficient (Wildman–Crippen LogP) is 4.39. The zero-order valence-corrected chi connectivity index (χ0v) is 16.6. The van der Waals surface area contributed by atoms with Crippen molar-refractivity contribution in [3.8, 4) is 11.5 Å². The molecule has 0 aromatic heterocycles. The molecule has 0 N–H and O–H groups in total. The van der Waals surface area contributed by atoms with Crippen LogP contribution in [0, 0.1) is 3.57 Å². The second kappa shape index (κ2) is 9.05. The normalized spacial score (nSPS) is 10.2. The number of benzene rings is 2. The monoisotopic (exact) mass is 474 g/mol. The molecule has 0 amide bonds. The van der Waals surface area contributed by atoms with Crippen molar-refractivity contribution in [3.63, 3.8) is 0 Å². The van der Waals surface area contributed by atoms with Gasteiger partial charge in [0.2, 0.25) is 0 Å². The molecule has 0 aliphatic carbocycles. The van der Waals surface area contributed by atoms with Crippen molar-refractivity contribution in [2.75, 3.05) is 20.3 Å². The number of methoxy groups -OCH3 is 1. The Kier molecular flexibility index (Phi) is 7.07. The summed E-state index contributed by atoms with van der Waals surface area (Å²) in [7, 11) is 1.53. The Hall–Kier alpha value is -1.80. The van der Waals surface area contributed by atoms with Crippen LogP contribution in [0.2, 0.25) is 5.02 Å². The third-order valence-corrected chi connectivity index (χ3v) is 4.30. The highest BCUT2D eigenvalue weighted by atomic mass is 127. The zero-order chi connectivity index (χ0) is 18.4. The van der Waals surface area contributed by atoms with Crippen molar-refractivity contribution in [1.82, 2.24) is 0 Å². The maximum Gasteiger partial charge on any atom is 0.338 e. The Morgan fingerprint density at radius 2 is 1.80 bits per heavy atom. The number of esters is 1. The first-order chi connectivity index (χ1) is 12.0. The molecule has 0 saturated heterocycles. The number of ketones is 1. The molecule has 0 radical (unpaired) electrons. The van der Waals surface area contributed by atoms with Crippen LogP contribution in [-0.4, -0.2) is 32.1 Å². The van der Waals surface area contributed by atoms with E-state index < -0.39 is 5.97 Å². The van der Waals surface area contributed by atoms with Crippen LogP contribution in [-0.2, 0) is 4.74 Å². The molecule has 5 nitrogen and oxygen atoms in total. The summed E-state index contributed by atoms with van der Waals surface area (Å²) in [5.74, 6) is 0.0891. The Balaban J connectivity index is 2.10. The van der Waals surface area contributed by atoms with Crippen molar-refractivity contribution < 1.29 is 23.8 Å². The molecule has 0 heterocycles. The van der Waals surface area contributed by atoms with E-state index in [1.807, 2.05) is 29.5 Å². The zero-order valence-electron chi connectivity index (χ0n) is 13.7. The van der Waals surface area contributed by atoms with Crippen LogP contribution in [0.5, 0.6) is 11.5 Å². The molecule has 25 heavy (non-hydrogen) atoms. The van der Waals surface area contributed by atoms with Gasteiger partial charge in [-0.25, -0.2) is 4.79 Å². The van der Waals surface area contributed by atoms with Gasteiger partial charge in [0.25, 0.3) is 0 Å². The Morgan fingerprint density at radius 3 is 2.40 bits per heavy atom. The molecule has 0 unspecified atom stereocenters. The number of ether oxygens (including phenoxy) is 3. The fourth-order valence-electron chi connectivity index (χ4n) is 2.08. The average Bonchev–Trinajstić information content (AvgIpc) is 2.60. The number of hydrogen-bond acceptors (Lipinski definition) is 5. The Bertz CT molecular complexity index is 774. The highest BCUT2D eigenvalue weighted by molar-refractivity contribution is 14.1. The van der Waals surface area contributed by atoms with E-state index in [9.17, 15) is 9.59 Å². The van der Waals surface area contributed by atoms with Gasteiger partial charge in [0.05, 0.1) is 22.9 Å². The van der Waals surface area contributed by atoms with E-state index >= 15 is 0 Å². The van der Waals surface area contributed by atoms with Crippen molar-refractivity contribution in [2.24, 2.45) is 0 Å². The molecule has 2 aromatic rings. The average molecular weight is 475 g/mol. The molecule has 0 aliphatic rings. The lowest BCUT2D eigenvalue weighted by Gasteiger charge is -2.13. The minimum Gasteiger partial charge on any atom is -0.492 e. The maximum atomic E-state index is 12.2. The molecule has 0 fully saturated rings. The van der Waals surface area contributed by atoms with E-state index in [0.29, 0.717) is 32.3 Å². The lowest BCUT2D eigenvalue weighted by Crippen LogP contribution is -2.14. The molecule has 0 aliphatic heterocycles. The quantitative estimate of drug-likeness (QED) is 0.338. The number of hydrogen-bond donors (Lipinski definition) is 0. The summed E-state index contributed by atoms with van der Waals surface area (Å²) < 4.78 is 16.6. The second-order valence-electron chi connectivity index (χ2n) is 4.93. The van der Waals surface area contributed by atoms with Gasteiger partial charge in [-0.05, 0) is 65.9 Å². The van der Waals surface area contributed by atoms with Crippen LogP contribution >= 0.6 is 34.2 Å². The third-order valence-electron chi connectivity index (χ3n) is 3.25. The van der Waals surface area contributed by atoms with Gasteiger partial charge in [0.1, 0.15) is 0 Å². The smallest absolute Gasteiger partial charge is 0.338 e. The van der Waals surface area contributed by atoms with Gasteiger partial charge >= 0.3 is 5.97 Å². The van der Waals surface area contributed by atoms with Gasteiger partial charge in [-0.15, -0.1) is 0 Å². The van der Waals surface area contributed by atoms with Gasteiger partial charge in [0.15, 0.2) is 23.9 Å². The minimum absolute atomic E-state index is 0.289. The molecule has 132 valence electrons. The fraction of sp³-hybridized carbons (Fsp3) is 0.222. The highest BCUT2D eigenvalue weighted by Crippen LogP contribution is 2.34. The van der Waals surface area contributed by atoms with Gasteiger partial charge in [0, 0.05) is 10.6 Å². The van der Waals surface area contributed by atoms with Crippen molar-refractivity contribution in [1.29, 1.82) is 0 Å². The van der Waals surface area contributed by atoms with E-state index in [2.05, 4.69) is 0 Å². The van der Waals surface area contributed by atoms with E-state index in [1.165, 1.54) is 7.11 Å². The minimum atomic E-state index is -0.608. The van der Waals surface area contributed by atoms with Crippen molar-refractivity contribution >= 4 is 45.9 Å². The Morgan fingerprint density at radius 1 is 1.12 bits per heavy atom.